The number of furan rings is 1. The molecule has 0 radical (unpaired) electrons. The van der Waals surface area contributed by atoms with Crippen molar-refractivity contribution >= 4 is 29.9 Å². The van der Waals surface area contributed by atoms with Gasteiger partial charge in [0.2, 0.25) is 0 Å². The normalized spacial score (nSPS) is 17.0. The molecule has 1 aromatic heterocycles. The SMILES string of the molecule is Cc1ccccc1CN=C(NCCc1ccco1)NCC1CCCO1.I. The quantitative estimate of drug-likeness (QED) is 0.369. The molecule has 1 aromatic carbocycles. The van der Waals surface area contributed by atoms with Crippen LogP contribution >= 0.6 is 24.0 Å². The monoisotopic (exact) mass is 469 g/mol. The van der Waals surface area contributed by atoms with E-state index in [1.807, 2.05) is 12.1 Å². The highest BCUT2D eigenvalue weighted by atomic mass is 127. The van der Waals surface area contributed by atoms with Crippen LogP contribution in [0.1, 0.15) is 29.7 Å². The summed E-state index contributed by atoms with van der Waals surface area (Å²) in [4.78, 5) is 4.74. The van der Waals surface area contributed by atoms with Gasteiger partial charge in [0, 0.05) is 26.1 Å². The van der Waals surface area contributed by atoms with Gasteiger partial charge < -0.3 is 19.8 Å². The lowest BCUT2D eigenvalue weighted by molar-refractivity contribution is 0.114. The molecule has 1 saturated heterocycles. The van der Waals surface area contributed by atoms with Crippen LogP contribution in [0.5, 0.6) is 0 Å². The summed E-state index contributed by atoms with van der Waals surface area (Å²) in [6.45, 7) is 5.22. The number of aryl methyl sites for hydroxylation is 1. The van der Waals surface area contributed by atoms with E-state index >= 15 is 0 Å². The molecule has 6 heteroatoms. The van der Waals surface area contributed by atoms with E-state index in [4.69, 9.17) is 14.1 Å². The zero-order valence-corrected chi connectivity index (χ0v) is 17.6. The van der Waals surface area contributed by atoms with Crippen molar-refractivity contribution in [3.05, 3.63) is 59.5 Å². The van der Waals surface area contributed by atoms with Gasteiger partial charge in [0.25, 0.3) is 0 Å². The molecule has 3 rings (SSSR count). The van der Waals surface area contributed by atoms with Crippen molar-refractivity contribution in [3.8, 4) is 0 Å². The number of nitrogens with one attached hydrogen (secondary N) is 2. The Bertz CT molecular complexity index is 667. The molecule has 1 aliphatic heterocycles. The van der Waals surface area contributed by atoms with Crippen molar-refractivity contribution in [1.82, 2.24) is 10.6 Å². The van der Waals surface area contributed by atoms with E-state index in [0.29, 0.717) is 6.54 Å². The molecule has 1 aliphatic rings. The molecule has 0 amide bonds. The Morgan fingerprint density at radius 1 is 1.19 bits per heavy atom. The summed E-state index contributed by atoms with van der Waals surface area (Å²) in [5.74, 6) is 1.80. The van der Waals surface area contributed by atoms with Gasteiger partial charge in [-0.3, -0.25) is 0 Å². The van der Waals surface area contributed by atoms with Crippen molar-refractivity contribution in [3.63, 3.8) is 0 Å². The average Bonchev–Trinajstić information content (AvgIpc) is 3.32. The van der Waals surface area contributed by atoms with E-state index in [0.717, 1.165) is 50.7 Å². The molecular formula is C20H28IN3O2. The maximum atomic E-state index is 5.69. The van der Waals surface area contributed by atoms with Crippen LogP contribution in [-0.2, 0) is 17.7 Å². The number of ether oxygens (including phenoxy) is 1. The summed E-state index contributed by atoms with van der Waals surface area (Å²) in [7, 11) is 0. The third-order valence-corrected chi connectivity index (χ3v) is 4.43. The fourth-order valence-corrected chi connectivity index (χ4v) is 2.90. The van der Waals surface area contributed by atoms with E-state index in [-0.39, 0.29) is 30.1 Å². The van der Waals surface area contributed by atoms with E-state index < -0.39 is 0 Å². The Morgan fingerprint density at radius 3 is 2.81 bits per heavy atom. The second kappa shape index (κ2) is 11.2. The molecule has 0 saturated carbocycles. The van der Waals surface area contributed by atoms with E-state index in [1.165, 1.54) is 11.1 Å². The summed E-state index contributed by atoms with van der Waals surface area (Å²) < 4.78 is 11.1. The first kappa shape index (κ1) is 20.8. The topological polar surface area (TPSA) is 58.8 Å². The number of hydrogen-bond acceptors (Lipinski definition) is 3. The third kappa shape index (κ3) is 6.64. The second-order valence-electron chi connectivity index (χ2n) is 6.36. The molecule has 142 valence electrons. The number of hydrogen-bond donors (Lipinski definition) is 2. The molecule has 1 atom stereocenters. The molecule has 0 aliphatic carbocycles. The Kier molecular flexibility index (Phi) is 8.97. The molecule has 5 nitrogen and oxygen atoms in total. The van der Waals surface area contributed by atoms with Gasteiger partial charge in [-0.25, -0.2) is 4.99 Å². The Morgan fingerprint density at radius 2 is 2.08 bits per heavy atom. The molecule has 0 bridgehead atoms. The van der Waals surface area contributed by atoms with E-state index in [9.17, 15) is 0 Å². The first-order valence-electron chi connectivity index (χ1n) is 9.02. The van der Waals surface area contributed by atoms with Crippen molar-refractivity contribution in [2.75, 3.05) is 19.7 Å². The number of nitrogens with zero attached hydrogens (tertiary/aromatic N) is 1. The minimum Gasteiger partial charge on any atom is -0.469 e. The van der Waals surface area contributed by atoms with Gasteiger partial charge in [-0.2, -0.15) is 0 Å². The lowest BCUT2D eigenvalue weighted by atomic mass is 10.1. The molecule has 1 fully saturated rings. The zero-order chi connectivity index (χ0) is 17.3. The third-order valence-electron chi connectivity index (χ3n) is 4.43. The molecule has 2 aromatic rings. The van der Waals surface area contributed by atoms with Gasteiger partial charge in [-0.15, -0.1) is 24.0 Å². The lowest BCUT2D eigenvalue weighted by Gasteiger charge is -2.15. The molecule has 26 heavy (non-hydrogen) atoms. The van der Waals surface area contributed by atoms with Crippen LogP contribution in [0.2, 0.25) is 0 Å². The molecule has 0 spiro atoms. The predicted molar refractivity (Wildman–Crippen MR) is 115 cm³/mol. The van der Waals surface area contributed by atoms with Gasteiger partial charge in [-0.05, 0) is 43.0 Å². The van der Waals surface area contributed by atoms with Crippen LogP contribution in [0.25, 0.3) is 0 Å². The molecular weight excluding hydrogens is 441 g/mol. The maximum absolute atomic E-state index is 5.69. The summed E-state index contributed by atoms with van der Waals surface area (Å²) in [5, 5.41) is 6.81. The maximum Gasteiger partial charge on any atom is 0.191 e. The van der Waals surface area contributed by atoms with Gasteiger partial charge in [-0.1, -0.05) is 24.3 Å². The fraction of sp³-hybridized carbons (Fsp3) is 0.450. The van der Waals surface area contributed by atoms with Crippen molar-refractivity contribution in [2.24, 2.45) is 4.99 Å². The average molecular weight is 469 g/mol. The van der Waals surface area contributed by atoms with Crippen LogP contribution in [0.4, 0.5) is 0 Å². The molecule has 1 unspecified atom stereocenters. The summed E-state index contributed by atoms with van der Waals surface area (Å²) in [6.07, 6.45) is 5.09. The summed E-state index contributed by atoms with van der Waals surface area (Å²) >= 11 is 0. The predicted octanol–water partition coefficient (Wildman–Crippen LogP) is 3.66. The number of aliphatic imine (C=N–C) groups is 1. The van der Waals surface area contributed by atoms with Gasteiger partial charge in [0.15, 0.2) is 5.96 Å². The number of guanidine groups is 1. The second-order valence-corrected chi connectivity index (χ2v) is 6.36. The van der Waals surface area contributed by atoms with Gasteiger partial charge in [0.1, 0.15) is 5.76 Å². The highest BCUT2D eigenvalue weighted by Crippen LogP contribution is 2.11. The smallest absolute Gasteiger partial charge is 0.191 e. The van der Waals surface area contributed by atoms with Crippen molar-refractivity contribution in [1.29, 1.82) is 0 Å². The van der Waals surface area contributed by atoms with E-state index in [2.05, 4.69) is 41.8 Å². The number of halogens is 1. The van der Waals surface area contributed by atoms with Crippen molar-refractivity contribution < 1.29 is 9.15 Å². The van der Waals surface area contributed by atoms with Crippen LogP contribution in [0.15, 0.2) is 52.1 Å². The number of benzene rings is 1. The largest absolute Gasteiger partial charge is 0.469 e. The first-order valence-corrected chi connectivity index (χ1v) is 9.02. The van der Waals surface area contributed by atoms with Crippen molar-refractivity contribution in [2.45, 2.75) is 38.8 Å². The standard InChI is InChI=1S/C20H27N3O2.HI/c1-16-6-2-3-7-17(16)14-22-20(23-15-19-9-5-13-25-19)21-11-10-18-8-4-12-24-18;/h2-4,6-8,12,19H,5,9-11,13-15H2,1H3,(H2,21,22,23);1H. The highest BCUT2D eigenvalue weighted by Gasteiger charge is 2.15. The molecule has 2 heterocycles. The Balaban J connectivity index is 0.00000243. The minimum absolute atomic E-state index is 0. The molecule has 2 N–H and O–H groups in total. The van der Waals surface area contributed by atoms with Gasteiger partial charge >= 0.3 is 0 Å². The Labute approximate surface area is 172 Å². The fourth-order valence-electron chi connectivity index (χ4n) is 2.90. The minimum atomic E-state index is 0. The van der Waals surface area contributed by atoms with Crippen LogP contribution in [0, 0.1) is 6.92 Å². The van der Waals surface area contributed by atoms with Crippen LogP contribution in [-0.4, -0.2) is 31.8 Å². The number of rotatable bonds is 7. The summed E-state index contributed by atoms with van der Waals surface area (Å²) in [6, 6.07) is 12.3. The Hall–Kier alpha value is -1.54. The van der Waals surface area contributed by atoms with Crippen LogP contribution in [0.3, 0.4) is 0 Å². The zero-order valence-electron chi connectivity index (χ0n) is 15.2. The first-order chi connectivity index (χ1) is 12.3. The highest BCUT2D eigenvalue weighted by molar-refractivity contribution is 14.0. The summed E-state index contributed by atoms with van der Waals surface area (Å²) in [5.41, 5.74) is 2.51. The van der Waals surface area contributed by atoms with Crippen LogP contribution < -0.4 is 10.6 Å². The van der Waals surface area contributed by atoms with E-state index in [1.54, 1.807) is 6.26 Å². The van der Waals surface area contributed by atoms with Gasteiger partial charge in [0.05, 0.1) is 18.9 Å². The lowest BCUT2D eigenvalue weighted by Crippen LogP contribution is -2.41.